The summed E-state index contributed by atoms with van der Waals surface area (Å²) in [6.07, 6.45) is 10.6. The van der Waals surface area contributed by atoms with Crippen LogP contribution in [0, 0.1) is 5.41 Å². The van der Waals surface area contributed by atoms with Gasteiger partial charge in [0.1, 0.15) is 6.33 Å². The first-order valence-corrected chi connectivity index (χ1v) is 6.15. The zero-order valence-corrected chi connectivity index (χ0v) is 10.1. The van der Waals surface area contributed by atoms with Gasteiger partial charge in [-0.05, 0) is 18.3 Å². The highest BCUT2D eigenvalue weighted by molar-refractivity contribution is 5.61. The summed E-state index contributed by atoms with van der Waals surface area (Å²) in [4.78, 5) is 4.34. The fourth-order valence-electron chi connectivity index (χ4n) is 2.59. The van der Waals surface area contributed by atoms with Crippen LogP contribution < -0.4 is 5.32 Å². The Morgan fingerprint density at radius 1 is 1.41 bits per heavy atom. The number of nitrogens with one attached hydrogen (secondary N) is 1. The van der Waals surface area contributed by atoms with E-state index in [4.69, 9.17) is 0 Å². The van der Waals surface area contributed by atoms with Gasteiger partial charge in [-0.1, -0.05) is 19.8 Å². The van der Waals surface area contributed by atoms with Crippen molar-refractivity contribution in [2.45, 2.75) is 32.6 Å². The minimum Gasteiger partial charge on any atom is -0.366 e. The predicted molar refractivity (Wildman–Crippen MR) is 65.8 cm³/mol. The summed E-state index contributed by atoms with van der Waals surface area (Å²) in [7, 11) is 0. The number of fused-ring (bicyclic) bond motifs is 1. The van der Waals surface area contributed by atoms with Crippen molar-refractivity contribution in [3.8, 4) is 0 Å². The Labute approximate surface area is 100 Å². The molecule has 17 heavy (non-hydrogen) atoms. The number of anilines is 1. The summed E-state index contributed by atoms with van der Waals surface area (Å²) in [5.41, 5.74) is 1.21. The summed E-state index contributed by atoms with van der Waals surface area (Å²) in [5.74, 6) is 0.832. The molecule has 0 aromatic carbocycles. The van der Waals surface area contributed by atoms with Crippen LogP contribution in [0.5, 0.6) is 0 Å². The Morgan fingerprint density at radius 3 is 3.06 bits per heavy atom. The van der Waals surface area contributed by atoms with Crippen molar-refractivity contribution in [2.75, 3.05) is 11.9 Å². The second-order valence-corrected chi connectivity index (χ2v) is 5.21. The molecule has 1 fully saturated rings. The van der Waals surface area contributed by atoms with E-state index in [1.807, 2.05) is 10.6 Å². The molecule has 2 heterocycles. The lowest BCUT2D eigenvalue weighted by Gasteiger charge is -2.23. The minimum atomic E-state index is 0.411. The number of rotatable bonds is 3. The van der Waals surface area contributed by atoms with Gasteiger partial charge in [0.25, 0.3) is 0 Å². The molecule has 1 saturated carbocycles. The standard InChI is InChI=1S/C12H17N5/c1-12(4-2-3-5-12)8-14-10-11-16-15-9-17(11)7-6-13-10/h6-7,9H,2-5,8H2,1H3,(H,13,14). The number of nitrogens with zero attached hydrogens (tertiary/aromatic N) is 4. The zero-order chi connectivity index (χ0) is 11.7. The molecule has 0 unspecified atom stereocenters. The topological polar surface area (TPSA) is 55.1 Å². The smallest absolute Gasteiger partial charge is 0.203 e. The molecule has 2 aromatic rings. The molecule has 0 bridgehead atoms. The molecule has 0 atom stereocenters. The van der Waals surface area contributed by atoms with Crippen LogP contribution in [0.2, 0.25) is 0 Å². The van der Waals surface area contributed by atoms with Crippen LogP contribution in [0.1, 0.15) is 32.6 Å². The maximum absolute atomic E-state index is 4.34. The van der Waals surface area contributed by atoms with Crippen molar-refractivity contribution >= 4 is 11.5 Å². The van der Waals surface area contributed by atoms with E-state index in [1.54, 1.807) is 12.5 Å². The molecule has 0 saturated heterocycles. The van der Waals surface area contributed by atoms with Gasteiger partial charge in [-0.3, -0.25) is 4.40 Å². The van der Waals surface area contributed by atoms with Gasteiger partial charge in [-0.25, -0.2) is 4.98 Å². The molecule has 5 heteroatoms. The van der Waals surface area contributed by atoms with E-state index in [1.165, 1.54) is 25.7 Å². The molecule has 0 aliphatic heterocycles. The molecule has 0 radical (unpaired) electrons. The quantitative estimate of drug-likeness (QED) is 0.879. The first-order valence-electron chi connectivity index (χ1n) is 6.15. The lowest BCUT2D eigenvalue weighted by Crippen LogP contribution is -2.23. The maximum Gasteiger partial charge on any atom is 0.203 e. The fourth-order valence-corrected chi connectivity index (χ4v) is 2.59. The van der Waals surface area contributed by atoms with Crippen LogP contribution in [0.4, 0.5) is 5.82 Å². The lowest BCUT2D eigenvalue weighted by atomic mass is 9.89. The van der Waals surface area contributed by atoms with Crippen LogP contribution in [0.3, 0.4) is 0 Å². The highest BCUT2D eigenvalue weighted by atomic mass is 15.2. The van der Waals surface area contributed by atoms with E-state index in [2.05, 4.69) is 27.4 Å². The SMILES string of the molecule is CC1(CNc2nccn3cnnc23)CCCC1. The fraction of sp³-hybridized carbons (Fsp3) is 0.583. The second-order valence-electron chi connectivity index (χ2n) is 5.21. The van der Waals surface area contributed by atoms with Gasteiger partial charge in [-0.2, -0.15) is 0 Å². The van der Waals surface area contributed by atoms with Crippen molar-refractivity contribution in [3.05, 3.63) is 18.7 Å². The molecule has 0 spiro atoms. The van der Waals surface area contributed by atoms with Crippen molar-refractivity contribution in [1.29, 1.82) is 0 Å². The van der Waals surface area contributed by atoms with Gasteiger partial charge in [0.2, 0.25) is 5.65 Å². The van der Waals surface area contributed by atoms with Crippen LogP contribution in [-0.4, -0.2) is 26.1 Å². The van der Waals surface area contributed by atoms with Gasteiger partial charge >= 0.3 is 0 Å². The van der Waals surface area contributed by atoms with Crippen LogP contribution >= 0.6 is 0 Å². The third-order valence-electron chi connectivity index (χ3n) is 3.71. The third kappa shape index (κ3) is 1.97. The Bertz CT molecular complexity index is 512. The van der Waals surface area contributed by atoms with Crippen molar-refractivity contribution in [1.82, 2.24) is 19.6 Å². The lowest BCUT2D eigenvalue weighted by molar-refractivity contribution is 0.361. The summed E-state index contributed by atoms with van der Waals surface area (Å²) >= 11 is 0. The molecule has 0 amide bonds. The first kappa shape index (κ1) is 10.5. The maximum atomic E-state index is 4.34. The van der Waals surface area contributed by atoms with E-state index in [0.717, 1.165) is 18.0 Å². The van der Waals surface area contributed by atoms with E-state index < -0.39 is 0 Å². The normalized spacial score (nSPS) is 18.6. The average molecular weight is 231 g/mol. The van der Waals surface area contributed by atoms with Gasteiger partial charge in [0, 0.05) is 18.9 Å². The van der Waals surface area contributed by atoms with Gasteiger partial charge < -0.3 is 5.32 Å². The average Bonchev–Trinajstić information content (AvgIpc) is 2.95. The second kappa shape index (κ2) is 3.98. The molecular formula is C12H17N5. The molecule has 90 valence electrons. The van der Waals surface area contributed by atoms with Crippen LogP contribution in [0.25, 0.3) is 5.65 Å². The molecule has 2 aromatic heterocycles. The highest BCUT2D eigenvalue weighted by Crippen LogP contribution is 2.37. The Hall–Kier alpha value is -1.65. The van der Waals surface area contributed by atoms with Crippen LogP contribution in [-0.2, 0) is 0 Å². The van der Waals surface area contributed by atoms with E-state index in [0.29, 0.717) is 5.41 Å². The monoisotopic (exact) mass is 231 g/mol. The number of aromatic nitrogens is 4. The molecule has 1 aliphatic carbocycles. The van der Waals surface area contributed by atoms with Crippen molar-refractivity contribution < 1.29 is 0 Å². The van der Waals surface area contributed by atoms with E-state index in [9.17, 15) is 0 Å². The first-order chi connectivity index (χ1) is 8.27. The molecule has 3 rings (SSSR count). The van der Waals surface area contributed by atoms with E-state index >= 15 is 0 Å². The molecule has 1 aliphatic rings. The third-order valence-corrected chi connectivity index (χ3v) is 3.71. The Kier molecular flexibility index (Phi) is 2.46. The number of hydrogen-bond donors (Lipinski definition) is 1. The summed E-state index contributed by atoms with van der Waals surface area (Å²) in [5, 5.41) is 11.4. The molecular weight excluding hydrogens is 214 g/mol. The summed E-state index contributed by atoms with van der Waals surface area (Å²) in [6, 6.07) is 0. The van der Waals surface area contributed by atoms with Gasteiger partial charge in [0.05, 0.1) is 0 Å². The summed E-state index contributed by atoms with van der Waals surface area (Å²) in [6.45, 7) is 3.31. The Balaban J connectivity index is 1.78. The predicted octanol–water partition coefficient (Wildman–Crippen LogP) is 2.12. The van der Waals surface area contributed by atoms with Crippen molar-refractivity contribution in [3.63, 3.8) is 0 Å². The summed E-state index contributed by atoms with van der Waals surface area (Å²) < 4.78 is 1.88. The highest BCUT2D eigenvalue weighted by Gasteiger charge is 2.28. The van der Waals surface area contributed by atoms with E-state index in [-0.39, 0.29) is 0 Å². The largest absolute Gasteiger partial charge is 0.366 e. The molecule has 5 nitrogen and oxygen atoms in total. The van der Waals surface area contributed by atoms with Gasteiger partial charge in [0.15, 0.2) is 5.82 Å². The zero-order valence-electron chi connectivity index (χ0n) is 10.1. The molecule has 1 N–H and O–H groups in total. The van der Waals surface area contributed by atoms with Crippen molar-refractivity contribution in [2.24, 2.45) is 5.41 Å². The van der Waals surface area contributed by atoms with Crippen LogP contribution in [0.15, 0.2) is 18.7 Å². The minimum absolute atomic E-state index is 0.411. The number of hydrogen-bond acceptors (Lipinski definition) is 4. The Morgan fingerprint density at radius 2 is 2.24 bits per heavy atom. The van der Waals surface area contributed by atoms with Gasteiger partial charge in [-0.15, -0.1) is 10.2 Å².